The Hall–Kier alpha value is -0.610. The number of methoxy groups -OCH3 is 1. The zero-order valence-corrected chi connectivity index (χ0v) is 11.7. The Bertz CT molecular complexity index is 261. The second-order valence-corrected chi connectivity index (χ2v) is 5.90. The van der Waals surface area contributed by atoms with Gasteiger partial charge in [0.1, 0.15) is 0 Å². The van der Waals surface area contributed by atoms with Crippen LogP contribution in [0.2, 0.25) is 0 Å². The van der Waals surface area contributed by atoms with E-state index >= 15 is 0 Å². The van der Waals surface area contributed by atoms with Crippen LogP contribution in [0.1, 0.15) is 40.5 Å². The van der Waals surface area contributed by atoms with Gasteiger partial charge in [0.2, 0.25) is 0 Å². The van der Waals surface area contributed by atoms with E-state index in [4.69, 9.17) is 4.74 Å². The Kier molecular flexibility index (Phi) is 4.95. The summed E-state index contributed by atoms with van der Waals surface area (Å²) in [6.07, 6.45) is 1.59. The molecular weight excluding hydrogens is 216 g/mol. The van der Waals surface area contributed by atoms with Gasteiger partial charge in [-0.2, -0.15) is 0 Å². The summed E-state index contributed by atoms with van der Waals surface area (Å²) in [6, 6.07) is 0.745. The van der Waals surface area contributed by atoms with Gasteiger partial charge in [-0.15, -0.1) is 0 Å². The minimum absolute atomic E-state index is 0.0877. The number of carbonyl (C=O) groups excluding carboxylic acids is 1. The van der Waals surface area contributed by atoms with Crippen molar-refractivity contribution >= 4 is 5.97 Å². The molecule has 1 saturated heterocycles. The quantitative estimate of drug-likeness (QED) is 0.743. The standard InChI is InChI=1S/C13H26N2O2/c1-10-6-7-15(13(2,3)4)11(9-14-10)8-12(16)17-5/h10-11,14H,6-9H2,1-5H3. The molecule has 0 bridgehead atoms. The van der Waals surface area contributed by atoms with Gasteiger partial charge in [-0.05, 0) is 34.1 Å². The summed E-state index contributed by atoms with van der Waals surface area (Å²) in [5.41, 5.74) is 0.0877. The molecule has 1 aliphatic rings. The summed E-state index contributed by atoms with van der Waals surface area (Å²) >= 11 is 0. The first-order valence-electron chi connectivity index (χ1n) is 6.41. The van der Waals surface area contributed by atoms with Crippen LogP contribution in [-0.4, -0.2) is 48.7 Å². The van der Waals surface area contributed by atoms with Crippen LogP contribution in [0.3, 0.4) is 0 Å². The second-order valence-electron chi connectivity index (χ2n) is 5.90. The molecule has 2 atom stereocenters. The van der Waals surface area contributed by atoms with Crippen molar-refractivity contribution in [2.45, 2.75) is 58.2 Å². The number of nitrogens with one attached hydrogen (secondary N) is 1. The van der Waals surface area contributed by atoms with Crippen LogP contribution in [0.4, 0.5) is 0 Å². The summed E-state index contributed by atoms with van der Waals surface area (Å²) in [7, 11) is 1.45. The Morgan fingerprint density at radius 2 is 2.12 bits per heavy atom. The number of hydrogen-bond acceptors (Lipinski definition) is 4. The molecule has 0 aromatic heterocycles. The Morgan fingerprint density at radius 3 is 2.65 bits per heavy atom. The minimum Gasteiger partial charge on any atom is -0.469 e. The smallest absolute Gasteiger partial charge is 0.307 e. The first-order chi connectivity index (χ1) is 7.84. The molecule has 0 radical (unpaired) electrons. The van der Waals surface area contributed by atoms with E-state index in [2.05, 4.69) is 37.9 Å². The maximum Gasteiger partial charge on any atom is 0.307 e. The first kappa shape index (κ1) is 14.5. The highest BCUT2D eigenvalue weighted by Crippen LogP contribution is 2.22. The summed E-state index contributed by atoms with van der Waals surface area (Å²) in [4.78, 5) is 13.9. The maximum absolute atomic E-state index is 11.5. The van der Waals surface area contributed by atoms with Crippen molar-refractivity contribution in [3.63, 3.8) is 0 Å². The fraction of sp³-hybridized carbons (Fsp3) is 0.923. The molecule has 100 valence electrons. The molecule has 0 saturated carbocycles. The molecule has 1 fully saturated rings. The van der Waals surface area contributed by atoms with Crippen molar-refractivity contribution < 1.29 is 9.53 Å². The molecule has 0 aromatic carbocycles. The van der Waals surface area contributed by atoms with E-state index in [0.29, 0.717) is 12.5 Å². The molecule has 4 heteroatoms. The summed E-state index contributed by atoms with van der Waals surface area (Å²) in [5.74, 6) is -0.124. The molecule has 1 heterocycles. The zero-order chi connectivity index (χ0) is 13.1. The fourth-order valence-corrected chi connectivity index (χ4v) is 2.41. The largest absolute Gasteiger partial charge is 0.469 e. The molecule has 1 aliphatic heterocycles. The lowest BCUT2D eigenvalue weighted by Crippen LogP contribution is -2.51. The van der Waals surface area contributed by atoms with E-state index in [0.717, 1.165) is 19.5 Å². The molecule has 4 nitrogen and oxygen atoms in total. The normalized spacial score (nSPS) is 27.6. The van der Waals surface area contributed by atoms with Crippen LogP contribution in [0.5, 0.6) is 0 Å². The van der Waals surface area contributed by atoms with Crippen LogP contribution in [0.25, 0.3) is 0 Å². The van der Waals surface area contributed by atoms with Crippen molar-refractivity contribution in [2.75, 3.05) is 20.2 Å². The van der Waals surface area contributed by atoms with E-state index in [1.165, 1.54) is 7.11 Å². The van der Waals surface area contributed by atoms with E-state index in [1.54, 1.807) is 0 Å². The second kappa shape index (κ2) is 5.83. The average Bonchev–Trinajstić information content (AvgIpc) is 2.40. The maximum atomic E-state index is 11.5. The van der Waals surface area contributed by atoms with Gasteiger partial charge in [-0.25, -0.2) is 0 Å². The highest BCUT2D eigenvalue weighted by Gasteiger charge is 2.32. The van der Waals surface area contributed by atoms with Gasteiger partial charge >= 0.3 is 5.97 Å². The molecule has 2 unspecified atom stereocenters. The number of nitrogens with zero attached hydrogens (tertiary/aromatic N) is 1. The van der Waals surface area contributed by atoms with Crippen molar-refractivity contribution in [1.29, 1.82) is 0 Å². The molecule has 0 aromatic rings. The lowest BCUT2D eigenvalue weighted by Gasteiger charge is -2.40. The third kappa shape index (κ3) is 4.28. The summed E-state index contributed by atoms with van der Waals surface area (Å²) in [6.45, 7) is 10.7. The number of carbonyl (C=O) groups is 1. The SMILES string of the molecule is COC(=O)CC1CNC(C)CCN1C(C)(C)C. The molecule has 0 spiro atoms. The number of hydrogen-bond donors (Lipinski definition) is 1. The molecule has 17 heavy (non-hydrogen) atoms. The third-order valence-corrected chi connectivity index (χ3v) is 3.44. The highest BCUT2D eigenvalue weighted by atomic mass is 16.5. The van der Waals surface area contributed by atoms with E-state index in [-0.39, 0.29) is 17.6 Å². The number of esters is 1. The number of ether oxygens (including phenoxy) is 1. The molecular formula is C13H26N2O2. The van der Waals surface area contributed by atoms with Gasteiger partial charge < -0.3 is 10.1 Å². The van der Waals surface area contributed by atoms with Crippen LogP contribution in [0.15, 0.2) is 0 Å². The van der Waals surface area contributed by atoms with Gasteiger partial charge in [-0.1, -0.05) is 0 Å². The van der Waals surface area contributed by atoms with Crippen molar-refractivity contribution in [3.8, 4) is 0 Å². The Morgan fingerprint density at radius 1 is 1.47 bits per heavy atom. The van der Waals surface area contributed by atoms with Crippen LogP contribution < -0.4 is 5.32 Å². The van der Waals surface area contributed by atoms with Crippen LogP contribution in [-0.2, 0) is 9.53 Å². The first-order valence-corrected chi connectivity index (χ1v) is 6.41. The topological polar surface area (TPSA) is 41.6 Å². The van der Waals surface area contributed by atoms with Gasteiger partial charge in [0, 0.05) is 30.7 Å². The minimum atomic E-state index is -0.124. The molecule has 0 amide bonds. The van der Waals surface area contributed by atoms with Gasteiger partial charge in [-0.3, -0.25) is 9.69 Å². The lowest BCUT2D eigenvalue weighted by molar-refractivity contribution is -0.142. The van der Waals surface area contributed by atoms with Gasteiger partial charge in [0.05, 0.1) is 13.5 Å². The zero-order valence-electron chi connectivity index (χ0n) is 11.7. The molecule has 1 N–H and O–H groups in total. The average molecular weight is 242 g/mol. The van der Waals surface area contributed by atoms with E-state index in [9.17, 15) is 4.79 Å². The van der Waals surface area contributed by atoms with Gasteiger partial charge in [0.25, 0.3) is 0 Å². The lowest BCUT2D eigenvalue weighted by atomic mass is 10.0. The van der Waals surface area contributed by atoms with Gasteiger partial charge in [0.15, 0.2) is 0 Å². The monoisotopic (exact) mass is 242 g/mol. The predicted octanol–water partition coefficient (Wildman–Crippen LogP) is 1.40. The Balaban J connectivity index is 2.75. The van der Waals surface area contributed by atoms with E-state index in [1.807, 2.05) is 0 Å². The predicted molar refractivity (Wildman–Crippen MR) is 69.0 cm³/mol. The summed E-state index contributed by atoms with van der Waals surface area (Å²) in [5, 5.41) is 3.48. The van der Waals surface area contributed by atoms with E-state index < -0.39 is 0 Å². The highest BCUT2D eigenvalue weighted by molar-refractivity contribution is 5.70. The van der Waals surface area contributed by atoms with Crippen molar-refractivity contribution in [2.24, 2.45) is 0 Å². The molecule has 1 rings (SSSR count). The van der Waals surface area contributed by atoms with Crippen LogP contribution >= 0.6 is 0 Å². The molecule has 0 aliphatic carbocycles. The third-order valence-electron chi connectivity index (χ3n) is 3.44. The number of rotatable bonds is 2. The fourth-order valence-electron chi connectivity index (χ4n) is 2.41. The van der Waals surface area contributed by atoms with Crippen molar-refractivity contribution in [1.82, 2.24) is 10.2 Å². The van der Waals surface area contributed by atoms with Crippen molar-refractivity contribution in [3.05, 3.63) is 0 Å². The summed E-state index contributed by atoms with van der Waals surface area (Å²) < 4.78 is 4.79. The van der Waals surface area contributed by atoms with Crippen LogP contribution in [0, 0.1) is 0 Å². The Labute approximate surface area is 105 Å².